The van der Waals surface area contributed by atoms with Crippen LogP contribution in [0.4, 0.5) is 0 Å². The van der Waals surface area contributed by atoms with Crippen LogP contribution in [-0.4, -0.2) is 10.8 Å². The minimum Gasteiger partial charge on any atom is -0.121 e. The molecule has 0 heterocycles. The van der Waals surface area contributed by atoms with Crippen LogP contribution >= 0.6 is 23.2 Å². The van der Waals surface area contributed by atoms with E-state index in [-0.39, 0.29) is 10.8 Å². The average molecular weight is 165 g/mol. The molecule has 0 aromatic carbocycles. The van der Waals surface area contributed by atoms with Crippen molar-refractivity contribution in [1.82, 2.24) is 0 Å². The summed E-state index contributed by atoms with van der Waals surface area (Å²) in [5.41, 5.74) is 0. The quantitative estimate of drug-likeness (QED) is 0.484. The van der Waals surface area contributed by atoms with E-state index in [1.165, 1.54) is 19.3 Å². The minimum absolute atomic E-state index is 0.283. The van der Waals surface area contributed by atoms with Crippen LogP contribution in [0, 0.1) is 11.8 Å². The molecule has 2 unspecified atom stereocenters. The molecule has 2 aliphatic carbocycles. The van der Waals surface area contributed by atoms with Crippen LogP contribution in [0.3, 0.4) is 0 Å². The Morgan fingerprint density at radius 2 is 1.33 bits per heavy atom. The lowest BCUT2D eigenvalue weighted by Crippen LogP contribution is -2.22. The maximum Gasteiger partial charge on any atom is 0.0530 e. The van der Waals surface area contributed by atoms with Gasteiger partial charge in [-0.15, -0.1) is 23.2 Å². The summed E-state index contributed by atoms with van der Waals surface area (Å²) in [5, 5.41) is 0.566. The largest absolute Gasteiger partial charge is 0.121 e. The molecule has 0 aromatic heterocycles. The van der Waals surface area contributed by atoms with E-state index >= 15 is 0 Å². The number of hydrogen-bond acceptors (Lipinski definition) is 0. The lowest BCUT2D eigenvalue weighted by atomic mass is 10.00. The average Bonchev–Trinajstić information content (AvgIpc) is 2.37. The van der Waals surface area contributed by atoms with Crippen molar-refractivity contribution in [3.8, 4) is 0 Å². The predicted molar refractivity (Wildman–Crippen MR) is 40.1 cm³/mol. The van der Waals surface area contributed by atoms with E-state index in [2.05, 4.69) is 0 Å². The zero-order valence-corrected chi connectivity index (χ0v) is 6.70. The molecular weight excluding hydrogens is 155 g/mol. The van der Waals surface area contributed by atoms with Gasteiger partial charge in [0.25, 0.3) is 0 Å². The van der Waals surface area contributed by atoms with Crippen molar-refractivity contribution in [2.45, 2.75) is 30.0 Å². The molecule has 2 aliphatic rings. The highest BCUT2D eigenvalue weighted by molar-refractivity contribution is 6.30. The Hall–Kier alpha value is 0.580. The predicted octanol–water partition coefficient (Wildman–Crippen LogP) is 2.63. The van der Waals surface area contributed by atoms with E-state index in [9.17, 15) is 0 Å². The van der Waals surface area contributed by atoms with Crippen molar-refractivity contribution in [1.29, 1.82) is 0 Å². The van der Waals surface area contributed by atoms with Crippen LogP contribution in [0.15, 0.2) is 0 Å². The number of hydrogen-bond donors (Lipinski definition) is 0. The van der Waals surface area contributed by atoms with Crippen molar-refractivity contribution >= 4 is 23.2 Å². The summed E-state index contributed by atoms with van der Waals surface area (Å²) in [6.07, 6.45) is 3.94. The zero-order chi connectivity index (χ0) is 6.43. The second-order valence-electron chi connectivity index (χ2n) is 3.22. The summed E-state index contributed by atoms with van der Waals surface area (Å²) in [5.74, 6) is 1.50. The molecule has 2 fully saturated rings. The smallest absolute Gasteiger partial charge is 0.0530 e. The normalized spacial score (nSPS) is 56.7. The summed E-state index contributed by atoms with van der Waals surface area (Å²) >= 11 is 12.1. The van der Waals surface area contributed by atoms with Crippen LogP contribution in [0.1, 0.15) is 19.3 Å². The topological polar surface area (TPSA) is 0 Å². The molecule has 0 radical (unpaired) electrons. The van der Waals surface area contributed by atoms with Gasteiger partial charge in [0.05, 0.1) is 10.8 Å². The number of fused-ring (bicyclic) bond motifs is 2. The third-order valence-electron chi connectivity index (χ3n) is 2.72. The van der Waals surface area contributed by atoms with Gasteiger partial charge in [-0.1, -0.05) is 0 Å². The van der Waals surface area contributed by atoms with Crippen molar-refractivity contribution in [3.05, 3.63) is 0 Å². The monoisotopic (exact) mass is 164 g/mol. The summed E-state index contributed by atoms with van der Waals surface area (Å²) in [7, 11) is 0. The first-order valence-corrected chi connectivity index (χ1v) is 4.44. The van der Waals surface area contributed by atoms with Crippen LogP contribution < -0.4 is 0 Å². The fourth-order valence-corrected chi connectivity index (χ4v) is 3.02. The summed E-state index contributed by atoms with van der Waals surface area (Å²) in [6.45, 7) is 0. The molecule has 52 valence electrons. The molecule has 0 amide bonds. The number of alkyl halides is 2. The Labute approximate surface area is 65.5 Å². The lowest BCUT2D eigenvalue weighted by molar-refractivity contribution is 0.494. The maximum atomic E-state index is 6.03. The Bertz CT molecular complexity index is 106. The molecule has 0 aliphatic heterocycles. The number of halogens is 2. The van der Waals surface area contributed by atoms with Crippen molar-refractivity contribution in [3.63, 3.8) is 0 Å². The van der Waals surface area contributed by atoms with E-state index in [0.717, 1.165) is 11.8 Å². The summed E-state index contributed by atoms with van der Waals surface area (Å²) in [4.78, 5) is 0. The first kappa shape index (κ1) is 6.30. The first-order valence-electron chi connectivity index (χ1n) is 3.57. The highest BCUT2D eigenvalue weighted by Gasteiger charge is 2.45. The Balaban J connectivity index is 2.15. The van der Waals surface area contributed by atoms with Gasteiger partial charge in [-0.3, -0.25) is 0 Å². The Kier molecular flexibility index (Phi) is 1.42. The Morgan fingerprint density at radius 3 is 1.56 bits per heavy atom. The lowest BCUT2D eigenvalue weighted by Gasteiger charge is -2.20. The van der Waals surface area contributed by atoms with Gasteiger partial charge in [0.2, 0.25) is 0 Å². The van der Waals surface area contributed by atoms with E-state index in [1.54, 1.807) is 0 Å². The zero-order valence-electron chi connectivity index (χ0n) is 5.19. The van der Waals surface area contributed by atoms with Gasteiger partial charge < -0.3 is 0 Å². The molecule has 9 heavy (non-hydrogen) atoms. The minimum atomic E-state index is 0.283. The van der Waals surface area contributed by atoms with Crippen LogP contribution in [0.2, 0.25) is 0 Å². The highest BCUT2D eigenvalue weighted by atomic mass is 35.5. The van der Waals surface area contributed by atoms with E-state index < -0.39 is 0 Å². The second-order valence-corrected chi connectivity index (χ2v) is 4.23. The Morgan fingerprint density at radius 1 is 0.889 bits per heavy atom. The SMILES string of the molecule is Cl[C@H]1C2CCC(C2)[C@@H]1Cl. The molecule has 2 saturated carbocycles. The van der Waals surface area contributed by atoms with Gasteiger partial charge in [0.1, 0.15) is 0 Å². The van der Waals surface area contributed by atoms with Crippen LogP contribution in [0.5, 0.6) is 0 Å². The van der Waals surface area contributed by atoms with Crippen molar-refractivity contribution in [2.24, 2.45) is 11.8 Å². The highest BCUT2D eigenvalue weighted by Crippen LogP contribution is 2.49. The molecule has 0 nitrogen and oxygen atoms in total. The van der Waals surface area contributed by atoms with Crippen molar-refractivity contribution in [2.75, 3.05) is 0 Å². The van der Waals surface area contributed by atoms with Gasteiger partial charge in [-0.2, -0.15) is 0 Å². The molecule has 2 heteroatoms. The van der Waals surface area contributed by atoms with Crippen molar-refractivity contribution < 1.29 is 0 Å². The van der Waals surface area contributed by atoms with Crippen LogP contribution in [0.25, 0.3) is 0 Å². The van der Waals surface area contributed by atoms with Gasteiger partial charge in [0.15, 0.2) is 0 Å². The van der Waals surface area contributed by atoms with E-state index in [4.69, 9.17) is 23.2 Å². The fourth-order valence-electron chi connectivity index (χ4n) is 2.15. The molecule has 0 saturated heterocycles. The van der Waals surface area contributed by atoms with Crippen LogP contribution in [-0.2, 0) is 0 Å². The van der Waals surface area contributed by atoms with Gasteiger partial charge in [0, 0.05) is 0 Å². The number of rotatable bonds is 0. The second kappa shape index (κ2) is 2.03. The first-order chi connectivity index (χ1) is 4.29. The molecular formula is C7H10Cl2. The van der Waals surface area contributed by atoms with Gasteiger partial charge in [-0.05, 0) is 31.1 Å². The third kappa shape index (κ3) is 0.798. The maximum absolute atomic E-state index is 6.03. The molecule has 2 bridgehead atoms. The summed E-state index contributed by atoms with van der Waals surface area (Å²) in [6, 6.07) is 0. The molecule has 4 atom stereocenters. The van der Waals surface area contributed by atoms with E-state index in [0.29, 0.717) is 0 Å². The van der Waals surface area contributed by atoms with E-state index in [1.807, 2.05) is 0 Å². The molecule has 0 spiro atoms. The molecule has 0 N–H and O–H groups in total. The molecule has 0 aromatic rings. The van der Waals surface area contributed by atoms with Gasteiger partial charge >= 0.3 is 0 Å². The summed E-state index contributed by atoms with van der Waals surface area (Å²) < 4.78 is 0. The molecule has 2 rings (SSSR count). The van der Waals surface area contributed by atoms with Gasteiger partial charge in [-0.25, -0.2) is 0 Å². The fraction of sp³-hybridized carbons (Fsp3) is 1.00. The standard InChI is InChI=1S/C7H10Cl2/c8-6-4-1-2-5(3-4)7(6)9/h4-7H,1-3H2/t4?,5?,6-,7-/m0/s1. The third-order valence-corrected chi connectivity index (χ3v) is 4.10.